The van der Waals surface area contributed by atoms with Gasteiger partial charge in [0.05, 0.1) is 17.3 Å². The minimum atomic E-state index is -1.03. The third-order valence-corrected chi connectivity index (χ3v) is 2.95. The lowest BCUT2D eigenvalue weighted by molar-refractivity contribution is -0.131. The normalized spacial score (nSPS) is 11.0. The maximum atomic E-state index is 11.1. The van der Waals surface area contributed by atoms with Crippen LogP contribution in [0.3, 0.4) is 0 Å². The van der Waals surface area contributed by atoms with E-state index < -0.39 is 11.9 Å². The fraction of sp³-hybridized carbons (Fsp3) is 0.286. The number of amides is 1. The van der Waals surface area contributed by atoms with Crippen LogP contribution in [0.25, 0.3) is 6.08 Å². The Morgan fingerprint density at radius 3 is 2.55 bits per heavy atom. The van der Waals surface area contributed by atoms with Gasteiger partial charge in [-0.25, -0.2) is 4.79 Å². The molecule has 0 saturated heterocycles. The predicted molar refractivity (Wildman–Crippen MR) is 79.8 cm³/mol. The van der Waals surface area contributed by atoms with Crippen molar-refractivity contribution < 1.29 is 14.7 Å². The number of carboxylic acid groups (broad SMARTS) is 1. The average Bonchev–Trinajstić information content (AvgIpc) is 2.33. The number of anilines is 1. The fourth-order valence-electron chi connectivity index (χ4n) is 1.74. The summed E-state index contributed by atoms with van der Waals surface area (Å²) < 4.78 is 0. The molecule has 0 aromatic heterocycles. The van der Waals surface area contributed by atoms with Crippen LogP contribution in [0.15, 0.2) is 24.3 Å². The minimum absolute atomic E-state index is 0.0559. The summed E-state index contributed by atoms with van der Waals surface area (Å²) in [7, 11) is 0. The lowest BCUT2D eigenvalue weighted by atomic mass is 10.1. The molecule has 1 aromatic rings. The number of carbonyl (C=O) groups excluding carboxylic acids is 1. The van der Waals surface area contributed by atoms with Crippen molar-refractivity contribution in [3.8, 4) is 0 Å². The van der Waals surface area contributed by atoms with Gasteiger partial charge >= 0.3 is 5.97 Å². The number of aliphatic carboxylic acids is 1. The number of nitrogens with zero attached hydrogens (tertiary/aromatic N) is 1. The maximum Gasteiger partial charge on any atom is 0.328 e. The van der Waals surface area contributed by atoms with Crippen molar-refractivity contribution in [2.24, 2.45) is 5.73 Å². The summed E-state index contributed by atoms with van der Waals surface area (Å²) in [4.78, 5) is 23.4. The Morgan fingerprint density at radius 1 is 1.45 bits per heavy atom. The summed E-state index contributed by atoms with van der Waals surface area (Å²) in [6.07, 6.45) is 2.49. The molecule has 6 heteroatoms. The monoisotopic (exact) mass is 296 g/mol. The largest absolute Gasteiger partial charge is 0.478 e. The quantitative estimate of drug-likeness (QED) is 0.788. The maximum absolute atomic E-state index is 11.1. The standard InChI is InChI=1S/C14H17ClN2O3/c1-9(2)17(8-13(16)18)12-5-3-10(7-11(12)15)4-6-14(19)20/h3-7,9H,8H2,1-2H3,(H2,16,18)(H,19,20)/b6-4+. The molecule has 5 nitrogen and oxygen atoms in total. The first-order chi connectivity index (χ1) is 9.31. The molecule has 0 aliphatic heterocycles. The third kappa shape index (κ3) is 4.59. The van der Waals surface area contributed by atoms with Crippen LogP contribution in [0, 0.1) is 0 Å². The van der Waals surface area contributed by atoms with Gasteiger partial charge in [-0.3, -0.25) is 4.79 Å². The van der Waals surface area contributed by atoms with Crippen molar-refractivity contribution in [1.29, 1.82) is 0 Å². The van der Waals surface area contributed by atoms with Gasteiger partial charge in [0, 0.05) is 12.1 Å². The van der Waals surface area contributed by atoms with Crippen molar-refractivity contribution in [3.05, 3.63) is 34.9 Å². The van der Waals surface area contributed by atoms with E-state index in [0.29, 0.717) is 16.3 Å². The Bertz CT molecular complexity index is 541. The Kier molecular flexibility index (Phi) is 5.58. The second-order valence-electron chi connectivity index (χ2n) is 4.57. The molecule has 0 saturated carbocycles. The van der Waals surface area contributed by atoms with Crippen molar-refractivity contribution in [2.45, 2.75) is 19.9 Å². The fourth-order valence-corrected chi connectivity index (χ4v) is 2.04. The Balaban J connectivity index is 3.06. The Hall–Kier alpha value is -2.01. The molecular formula is C14H17ClN2O3. The highest BCUT2D eigenvalue weighted by Gasteiger charge is 2.16. The van der Waals surface area contributed by atoms with Gasteiger partial charge in [-0.05, 0) is 37.6 Å². The molecule has 0 bridgehead atoms. The van der Waals surface area contributed by atoms with Crippen LogP contribution >= 0.6 is 11.6 Å². The highest BCUT2D eigenvalue weighted by atomic mass is 35.5. The molecule has 1 aromatic carbocycles. The van der Waals surface area contributed by atoms with Gasteiger partial charge in [-0.2, -0.15) is 0 Å². The summed E-state index contributed by atoms with van der Waals surface area (Å²) in [5, 5.41) is 9.02. The SMILES string of the molecule is CC(C)N(CC(N)=O)c1ccc(/C=C/C(=O)O)cc1Cl. The van der Waals surface area contributed by atoms with E-state index in [1.807, 2.05) is 13.8 Å². The number of rotatable bonds is 6. The van der Waals surface area contributed by atoms with Crippen molar-refractivity contribution in [3.63, 3.8) is 0 Å². The van der Waals surface area contributed by atoms with Gasteiger partial charge in [0.1, 0.15) is 0 Å². The summed E-state index contributed by atoms with van der Waals surface area (Å²) in [5.74, 6) is -1.47. The smallest absolute Gasteiger partial charge is 0.328 e. The molecule has 0 heterocycles. The van der Waals surface area contributed by atoms with Gasteiger partial charge in [-0.1, -0.05) is 17.7 Å². The van der Waals surface area contributed by atoms with Crippen LogP contribution in [0.5, 0.6) is 0 Å². The number of hydrogen-bond donors (Lipinski definition) is 2. The van der Waals surface area contributed by atoms with E-state index in [4.69, 9.17) is 22.4 Å². The summed E-state index contributed by atoms with van der Waals surface area (Å²) in [6, 6.07) is 5.18. The number of carboxylic acids is 1. The van der Waals surface area contributed by atoms with Crippen LogP contribution in [0.1, 0.15) is 19.4 Å². The highest BCUT2D eigenvalue weighted by molar-refractivity contribution is 6.33. The second-order valence-corrected chi connectivity index (χ2v) is 4.98. The molecule has 1 rings (SSSR count). The number of benzene rings is 1. The number of primary amides is 1. The van der Waals surface area contributed by atoms with E-state index in [1.165, 1.54) is 6.08 Å². The highest BCUT2D eigenvalue weighted by Crippen LogP contribution is 2.28. The predicted octanol–water partition coefficient (Wildman–Crippen LogP) is 2.14. The number of hydrogen-bond acceptors (Lipinski definition) is 3. The lowest BCUT2D eigenvalue weighted by Gasteiger charge is -2.28. The topological polar surface area (TPSA) is 83.6 Å². The molecule has 0 fully saturated rings. The van der Waals surface area contributed by atoms with Crippen molar-refractivity contribution >= 4 is 35.2 Å². The first kappa shape index (κ1) is 16.0. The number of halogens is 1. The molecular weight excluding hydrogens is 280 g/mol. The van der Waals surface area contributed by atoms with Crippen LogP contribution in [-0.4, -0.2) is 29.6 Å². The van der Waals surface area contributed by atoms with E-state index in [-0.39, 0.29) is 12.6 Å². The molecule has 0 aliphatic rings. The molecule has 0 radical (unpaired) electrons. The van der Waals surface area contributed by atoms with E-state index in [9.17, 15) is 9.59 Å². The summed E-state index contributed by atoms with van der Waals surface area (Å²) in [5.41, 5.74) is 6.59. The van der Waals surface area contributed by atoms with Crippen LogP contribution in [-0.2, 0) is 9.59 Å². The van der Waals surface area contributed by atoms with Gasteiger partial charge in [0.2, 0.25) is 5.91 Å². The average molecular weight is 297 g/mol. The zero-order valence-electron chi connectivity index (χ0n) is 11.3. The zero-order chi connectivity index (χ0) is 15.3. The zero-order valence-corrected chi connectivity index (χ0v) is 12.1. The van der Waals surface area contributed by atoms with Gasteiger partial charge < -0.3 is 15.7 Å². The van der Waals surface area contributed by atoms with E-state index in [2.05, 4.69) is 0 Å². The molecule has 108 valence electrons. The van der Waals surface area contributed by atoms with Crippen LogP contribution < -0.4 is 10.6 Å². The summed E-state index contributed by atoms with van der Waals surface area (Å²) in [6.45, 7) is 3.93. The Labute approximate surface area is 122 Å². The van der Waals surface area contributed by atoms with Gasteiger partial charge in [0.15, 0.2) is 0 Å². The number of carbonyl (C=O) groups is 2. The molecule has 3 N–H and O–H groups in total. The van der Waals surface area contributed by atoms with Crippen LogP contribution in [0.2, 0.25) is 5.02 Å². The van der Waals surface area contributed by atoms with Gasteiger partial charge in [-0.15, -0.1) is 0 Å². The van der Waals surface area contributed by atoms with Crippen LogP contribution in [0.4, 0.5) is 5.69 Å². The first-order valence-electron chi connectivity index (χ1n) is 6.06. The molecule has 0 aliphatic carbocycles. The minimum Gasteiger partial charge on any atom is -0.478 e. The Morgan fingerprint density at radius 2 is 2.10 bits per heavy atom. The second kappa shape index (κ2) is 6.96. The van der Waals surface area contributed by atoms with Crippen molar-refractivity contribution in [2.75, 3.05) is 11.4 Å². The molecule has 0 unspecified atom stereocenters. The number of nitrogens with two attached hydrogens (primary N) is 1. The first-order valence-corrected chi connectivity index (χ1v) is 6.44. The molecule has 1 amide bonds. The molecule has 0 spiro atoms. The molecule has 20 heavy (non-hydrogen) atoms. The van der Waals surface area contributed by atoms with E-state index >= 15 is 0 Å². The van der Waals surface area contributed by atoms with E-state index in [1.54, 1.807) is 23.1 Å². The van der Waals surface area contributed by atoms with Gasteiger partial charge in [0.25, 0.3) is 0 Å². The lowest BCUT2D eigenvalue weighted by Crippen LogP contribution is -2.38. The third-order valence-electron chi connectivity index (χ3n) is 2.65. The molecule has 0 atom stereocenters. The van der Waals surface area contributed by atoms with E-state index in [0.717, 1.165) is 6.08 Å². The summed E-state index contributed by atoms with van der Waals surface area (Å²) >= 11 is 6.19. The van der Waals surface area contributed by atoms with Crippen molar-refractivity contribution in [1.82, 2.24) is 0 Å².